The quantitative estimate of drug-likeness (QED) is 0.515. The van der Waals surface area contributed by atoms with E-state index in [2.05, 4.69) is 0 Å². The van der Waals surface area contributed by atoms with Crippen molar-refractivity contribution in [1.82, 2.24) is 0 Å². The van der Waals surface area contributed by atoms with Gasteiger partial charge in [0.05, 0.1) is 0 Å². The minimum absolute atomic E-state index is 0.597. The fourth-order valence-corrected chi connectivity index (χ4v) is 0. The fourth-order valence-electron chi connectivity index (χ4n) is 0. The Bertz CT molecular complexity index is 21.2. The van der Waals surface area contributed by atoms with Gasteiger partial charge in [0.2, 0.25) is 0 Å². The Balaban J connectivity index is 0. The Labute approximate surface area is 47.9 Å². The molecule has 50 valence electrons. The van der Waals surface area contributed by atoms with Crippen molar-refractivity contribution in [2.75, 3.05) is 13.1 Å². The van der Waals surface area contributed by atoms with Crippen molar-refractivity contribution < 1.29 is 22.5 Å². The Morgan fingerprint density at radius 1 is 1.14 bits per heavy atom. The summed E-state index contributed by atoms with van der Waals surface area (Å²) < 4.78 is 19.1. The van der Waals surface area contributed by atoms with E-state index in [1.807, 2.05) is 0 Å². The number of hydrogen-bond donors (Lipinski definition) is 2. The molecule has 0 amide bonds. The zero-order chi connectivity index (χ0) is 6.12. The zero-order valence-electron chi connectivity index (χ0n) is 3.64. The second-order valence-corrected chi connectivity index (χ2v) is 0.764. The summed E-state index contributed by atoms with van der Waals surface area (Å²) in [5.74, 6) is 0. The van der Waals surface area contributed by atoms with E-state index in [1.165, 1.54) is 0 Å². The van der Waals surface area contributed by atoms with Gasteiger partial charge in [0.25, 0.3) is 0 Å². The summed E-state index contributed by atoms with van der Waals surface area (Å²) in [5, 5.41) is 0. The molecule has 0 atom stereocenters. The van der Waals surface area contributed by atoms with Crippen LogP contribution >= 0.6 is 0 Å². The van der Waals surface area contributed by atoms with E-state index < -0.39 is 15.3 Å². The van der Waals surface area contributed by atoms with Gasteiger partial charge in [-0.2, -0.15) is 0 Å². The molecule has 0 saturated heterocycles. The standard InChI is InChI=1S/C2H8N2.2FH.Ni/c3-1-2-4;;;/h1-4H2;2*1H;/q;;;+2/p-2. The molecular formula is C2H8F2N2Ni. The molecule has 7 heavy (non-hydrogen) atoms. The van der Waals surface area contributed by atoms with Crippen LogP contribution in [0.25, 0.3) is 0 Å². The van der Waals surface area contributed by atoms with Crippen LogP contribution in [0.4, 0.5) is 7.21 Å². The van der Waals surface area contributed by atoms with Crippen molar-refractivity contribution in [1.29, 1.82) is 0 Å². The maximum atomic E-state index is 9.56. The third-order valence-corrected chi connectivity index (χ3v) is 0.167. The molecule has 0 fully saturated rings. The molecule has 0 aromatic carbocycles. The summed E-state index contributed by atoms with van der Waals surface area (Å²) in [6.07, 6.45) is 0. The molecule has 0 aliphatic carbocycles. The zero-order valence-corrected chi connectivity index (χ0v) is 4.63. The molecule has 4 N–H and O–H groups in total. The van der Waals surface area contributed by atoms with E-state index in [9.17, 15) is 7.21 Å². The third kappa shape index (κ3) is 70.6. The van der Waals surface area contributed by atoms with Crippen molar-refractivity contribution in [3.63, 3.8) is 0 Å². The first-order valence-electron chi connectivity index (χ1n) is 1.56. The van der Waals surface area contributed by atoms with E-state index in [0.29, 0.717) is 13.1 Å². The third-order valence-electron chi connectivity index (χ3n) is 0.167. The van der Waals surface area contributed by atoms with Gasteiger partial charge < -0.3 is 11.5 Å². The van der Waals surface area contributed by atoms with Gasteiger partial charge in [0.15, 0.2) is 0 Å². The number of hydrogen-bond acceptors (Lipinski definition) is 2. The van der Waals surface area contributed by atoms with Gasteiger partial charge in [-0.15, -0.1) is 0 Å². The maximum absolute atomic E-state index is 9.56. The van der Waals surface area contributed by atoms with Crippen molar-refractivity contribution in [3.05, 3.63) is 0 Å². The molecule has 0 unspecified atom stereocenters. The van der Waals surface area contributed by atoms with Gasteiger partial charge >= 0.3 is 22.5 Å². The predicted octanol–water partition coefficient (Wildman–Crippen LogP) is -0.258. The SMILES string of the molecule is NCCN.[F][Ni][F]. The van der Waals surface area contributed by atoms with Crippen LogP contribution in [0.15, 0.2) is 0 Å². The van der Waals surface area contributed by atoms with Crippen molar-refractivity contribution in [2.24, 2.45) is 11.5 Å². The summed E-state index contributed by atoms with van der Waals surface area (Å²) in [7, 11) is 0. The first-order valence-corrected chi connectivity index (χ1v) is 2.30. The van der Waals surface area contributed by atoms with Crippen LogP contribution in [0.5, 0.6) is 0 Å². The monoisotopic (exact) mass is 156 g/mol. The van der Waals surface area contributed by atoms with Crippen LogP contribution in [0.1, 0.15) is 0 Å². The van der Waals surface area contributed by atoms with Crippen molar-refractivity contribution in [3.8, 4) is 0 Å². The predicted molar refractivity (Wildman–Crippen MR) is 20.3 cm³/mol. The molecular weight excluding hydrogens is 149 g/mol. The van der Waals surface area contributed by atoms with Crippen molar-refractivity contribution in [2.45, 2.75) is 0 Å². The number of nitrogens with two attached hydrogens (primary N) is 2. The second-order valence-electron chi connectivity index (χ2n) is 0.623. The van der Waals surface area contributed by atoms with Gasteiger partial charge in [0, 0.05) is 13.1 Å². The van der Waals surface area contributed by atoms with Gasteiger partial charge in [-0.05, 0) is 0 Å². The second kappa shape index (κ2) is 16.3. The van der Waals surface area contributed by atoms with Crippen LogP contribution in [0.2, 0.25) is 0 Å². The van der Waals surface area contributed by atoms with E-state index in [0.717, 1.165) is 0 Å². The Hall–Kier alpha value is 0.274. The Kier molecular flexibility index (Phi) is 23.9. The average Bonchev–Trinajstić information content (AvgIpc) is 1.69. The molecule has 0 aliphatic heterocycles. The Morgan fingerprint density at radius 3 is 1.29 bits per heavy atom. The first kappa shape index (κ1) is 10.3. The van der Waals surface area contributed by atoms with Gasteiger partial charge in [-0.25, -0.2) is 0 Å². The van der Waals surface area contributed by atoms with E-state index >= 15 is 0 Å². The molecule has 0 aromatic rings. The number of halogens is 2. The van der Waals surface area contributed by atoms with Crippen LogP contribution < -0.4 is 11.5 Å². The van der Waals surface area contributed by atoms with Crippen LogP contribution in [-0.2, 0) is 15.3 Å². The van der Waals surface area contributed by atoms with Crippen LogP contribution in [-0.4, -0.2) is 13.1 Å². The van der Waals surface area contributed by atoms with E-state index in [1.54, 1.807) is 0 Å². The first-order chi connectivity index (χ1) is 3.33. The molecule has 0 bridgehead atoms. The van der Waals surface area contributed by atoms with Gasteiger partial charge in [-0.3, -0.25) is 0 Å². The van der Waals surface area contributed by atoms with Crippen molar-refractivity contribution >= 4 is 0 Å². The van der Waals surface area contributed by atoms with E-state index in [4.69, 9.17) is 11.5 Å². The Morgan fingerprint density at radius 2 is 1.29 bits per heavy atom. The normalized spacial score (nSPS) is 7.43. The van der Waals surface area contributed by atoms with Crippen LogP contribution in [0.3, 0.4) is 0 Å². The molecule has 2 nitrogen and oxygen atoms in total. The molecule has 0 spiro atoms. The molecule has 0 saturated carbocycles. The summed E-state index contributed by atoms with van der Waals surface area (Å²) in [6, 6.07) is 0. The number of rotatable bonds is 1. The topological polar surface area (TPSA) is 52.0 Å². The average molecular weight is 157 g/mol. The molecule has 0 aromatic heterocycles. The summed E-state index contributed by atoms with van der Waals surface area (Å²) in [5.41, 5.74) is 9.81. The molecule has 0 heterocycles. The molecule has 5 heteroatoms. The molecule has 0 aliphatic rings. The summed E-state index contributed by atoms with van der Waals surface area (Å²) in [6.45, 7) is 1.19. The summed E-state index contributed by atoms with van der Waals surface area (Å²) in [4.78, 5) is 0. The van der Waals surface area contributed by atoms with Gasteiger partial charge in [0.1, 0.15) is 0 Å². The van der Waals surface area contributed by atoms with Gasteiger partial charge in [-0.1, -0.05) is 0 Å². The van der Waals surface area contributed by atoms with E-state index in [-0.39, 0.29) is 0 Å². The van der Waals surface area contributed by atoms with Crippen LogP contribution in [0, 0.1) is 0 Å². The molecule has 0 rings (SSSR count). The molecule has 0 radical (unpaired) electrons. The fraction of sp³-hybridized carbons (Fsp3) is 1.00. The minimum atomic E-state index is -1.38. The summed E-state index contributed by atoms with van der Waals surface area (Å²) >= 11 is -1.38.